The van der Waals surface area contributed by atoms with Crippen LogP contribution in [0, 0.1) is 10.1 Å². The number of nitro groups is 1. The number of amides is 1. The molecule has 0 atom stereocenters. The highest BCUT2D eigenvalue weighted by Gasteiger charge is 2.08. The van der Waals surface area contributed by atoms with Crippen molar-refractivity contribution in [3.8, 4) is 5.75 Å². The van der Waals surface area contributed by atoms with Crippen LogP contribution in [0.1, 0.15) is 15.9 Å². The van der Waals surface area contributed by atoms with Crippen LogP contribution in [0.5, 0.6) is 5.75 Å². The average molecular weight is 404 g/mol. The first-order chi connectivity index (χ1) is 12.0. The maximum Gasteiger partial charge on any atom is 0.271 e. The molecule has 25 heavy (non-hydrogen) atoms. The lowest BCUT2D eigenvalue weighted by molar-refractivity contribution is -0.384. The fourth-order valence-corrected chi connectivity index (χ4v) is 2.34. The SMILES string of the molecule is C=CCOc1ccc(/C=N\NC(=O)c2ccc([N+](=O)[O-])cc2)cc1Br. The number of hydrogen-bond donors (Lipinski definition) is 1. The van der Waals surface area contributed by atoms with E-state index in [0.29, 0.717) is 12.4 Å². The topological polar surface area (TPSA) is 93.8 Å². The molecule has 2 rings (SSSR count). The number of nitro benzene ring substituents is 1. The Balaban J connectivity index is 1.97. The molecule has 0 radical (unpaired) electrons. The van der Waals surface area contributed by atoms with Gasteiger partial charge in [0.2, 0.25) is 0 Å². The van der Waals surface area contributed by atoms with Crippen molar-refractivity contribution in [1.29, 1.82) is 0 Å². The monoisotopic (exact) mass is 403 g/mol. The Bertz CT molecular complexity index is 819. The number of hydrogen-bond acceptors (Lipinski definition) is 5. The lowest BCUT2D eigenvalue weighted by Gasteiger charge is -2.06. The zero-order valence-electron chi connectivity index (χ0n) is 13.0. The van der Waals surface area contributed by atoms with Gasteiger partial charge in [0.1, 0.15) is 12.4 Å². The van der Waals surface area contributed by atoms with Crippen LogP contribution in [-0.2, 0) is 0 Å². The summed E-state index contributed by atoms with van der Waals surface area (Å²) in [5, 5.41) is 14.5. The van der Waals surface area contributed by atoms with E-state index in [1.165, 1.54) is 30.5 Å². The molecule has 0 unspecified atom stereocenters. The second kappa shape index (κ2) is 8.74. The Labute approximate surface area is 152 Å². The molecule has 0 spiro atoms. The Morgan fingerprint density at radius 3 is 2.64 bits per heavy atom. The Kier molecular flexibility index (Phi) is 6.41. The van der Waals surface area contributed by atoms with Gasteiger partial charge in [0.15, 0.2) is 0 Å². The second-order valence-electron chi connectivity index (χ2n) is 4.79. The van der Waals surface area contributed by atoms with Crippen LogP contribution >= 0.6 is 15.9 Å². The molecular formula is C17H14BrN3O4. The number of carbonyl (C=O) groups is 1. The highest BCUT2D eigenvalue weighted by atomic mass is 79.9. The minimum absolute atomic E-state index is 0.0799. The summed E-state index contributed by atoms with van der Waals surface area (Å²) in [5.74, 6) is 0.211. The molecule has 2 aromatic rings. The van der Waals surface area contributed by atoms with Crippen LogP contribution in [0.4, 0.5) is 5.69 Å². The zero-order valence-corrected chi connectivity index (χ0v) is 14.6. The standard InChI is InChI=1S/C17H14BrN3O4/c1-2-9-25-16-8-3-12(10-15(16)18)11-19-20-17(22)13-4-6-14(7-5-13)21(23)24/h2-8,10-11H,1,9H2,(H,20,22)/b19-11-. The van der Waals surface area contributed by atoms with E-state index in [-0.39, 0.29) is 11.3 Å². The number of rotatable bonds is 7. The third-order valence-electron chi connectivity index (χ3n) is 3.03. The zero-order chi connectivity index (χ0) is 18.2. The number of nitrogens with zero attached hydrogens (tertiary/aromatic N) is 2. The summed E-state index contributed by atoms with van der Waals surface area (Å²) in [4.78, 5) is 22.0. The van der Waals surface area contributed by atoms with Crippen LogP contribution in [0.3, 0.4) is 0 Å². The molecule has 0 saturated heterocycles. The van der Waals surface area contributed by atoms with E-state index < -0.39 is 10.8 Å². The van der Waals surface area contributed by atoms with Crippen LogP contribution in [0.25, 0.3) is 0 Å². The van der Waals surface area contributed by atoms with Crippen LogP contribution in [0.15, 0.2) is 64.7 Å². The molecule has 0 aliphatic rings. The van der Waals surface area contributed by atoms with Gasteiger partial charge in [0.25, 0.3) is 11.6 Å². The van der Waals surface area contributed by atoms with E-state index in [2.05, 4.69) is 33.0 Å². The van der Waals surface area contributed by atoms with Gasteiger partial charge < -0.3 is 4.74 Å². The fourth-order valence-electron chi connectivity index (χ4n) is 1.83. The Hall–Kier alpha value is -3.00. The van der Waals surface area contributed by atoms with Gasteiger partial charge in [-0.2, -0.15) is 5.10 Å². The first-order valence-electron chi connectivity index (χ1n) is 7.12. The molecule has 8 heteroatoms. The van der Waals surface area contributed by atoms with Gasteiger partial charge in [-0.05, 0) is 51.8 Å². The largest absolute Gasteiger partial charge is 0.488 e. The lowest BCUT2D eigenvalue weighted by Crippen LogP contribution is -2.17. The minimum Gasteiger partial charge on any atom is -0.488 e. The smallest absolute Gasteiger partial charge is 0.271 e. The normalized spacial score (nSPS) is 10.4. The molecule has 0 aromatic heterocycles. The summed E-state index contributed by atoms with van der Waals surface area (Å²) < 4.78 is 6.19. The van der Waals surface area contributed by atoms with Crippen molar-refractivity contribution in [1.82, 2.24) is 5.43 Å². The van der Waals surface area contributed by atoms with Gasteiger partial charge in [-0.3, -0.25) is 14.9 Å². The molecule has 0 bridgehead atoms. The summed E-state index contributed by atoms with van der Waals surface area (Å²) in [7, 11) is 0. The highest BCUT2D eigenvalue weighted by molar-refractivity contribution is 9.10. The molecule has 0 saturated carbocycles. The third kappa shape index (κ3) is 5.25. The number of non-ortho nitro benzene ring substituents is 1. The van der Waals surface area contributed by atoms with Crippen molar-refractivity contribution in [2.45, 2.75) is 0 Å². The summed E-state index contributed by atoms with van der Waals surface area (Å²) in [5.41, 5.74) is 3.31. The highest BCUT2D eigenvalue weighted by Crippen LogP contribution is 2.25. The maximum atomic E-state index is 11.9. The van der Waals surface area contributed by atoms with Gasteiger partial charge in [0.05, 0.1) is 15.6 Å². The van der Waals surface area contributed by atoms with Crippen LogP contribution in [0.2, 0.25) is 0 Å². The fraction of sp³-hybridized carbons (Fsp3) is 0.0588. The van der Waals surface area contributed by atoms with E-state index in [0.717, 1.165) is 10.0 Å². The summed E-state index contributed by atoms with van der Waals surface area (Å²) in [6.45, 7) is 3.98. The average Bonchev–Trinajstić information content (AvgIpc) is 2.61. The number of carbonyl (C=O) groups excluding carboxylic acids is 1. The molecule has 0 heterocycles. The van der Waals surface area contributed by atoms with E-state index in [1.807, 2.05) is 0 Å². The second-order valence-corrected chi connectivity index (χ2v) is 5.65. The Morgan fingerprint density at radius 1 is 1.32 bits per heavy atom. The van der Waals surface area contributed by atoms with E-state index in [4.69, 9.17) is 4.74 Å². The molecule has 7 nitrogen and oxygen atoms in total. The number of hydrazone groups is 1. The van der Waals surface area contributed by atoms with Gasteiger partial charge in [-0.25, -0.2) is 5.43 Å². The molecule has 2 aromatic carbocycles. The predicted octanol–water partition coefficient (Wildman–Crippen LogP) is 3.69. The first kappa shape index (κ1) is 18.3. The van der Waals surface area contributed by atoms with Crippen LogP contribution < -0.4 is 10.2 Å². The van der Waals surface area contributed by atoms with Crippen molar-refractivity contribution >= 4 is 33.7 Å². The third-order valence-corrected chi connectivity index (χ3v) is 3.65. The summed E-state index contributed by atoms with van der Waals surface area (Å²) >= 11 is 3.39. The number of halogens is 1. The number of benzene rings is 2. The lowest BCUT2D eigenvalue weighted by atomic mass is 10.2. The predicted molar refractivity (Wildman–Crippen MR) is 98.0 cm³/mol. The van der Waals surface area contributed by atoms with E-state index >= 15 is 0 Å². The number of nitrogens with one attached hydrogen (secondary N) is 1. The van der Waals surface area contributed by atoms with Crippen molar-refractivity contribution < 1.29 is 14.5 Å². The van der Waals surface area contributed by atoms with Gasteiger partial charge in [0, 0.05) is 17.7 Å². The molecule has 128 valence electrons. The summed E-state index contributed by atoms with van der Waals surface area (Å²) in [6, 6.07) is 10.6. The molecule has 0 fully saturated rings. The van der Waals surface area contributed by atoms with Crippen molar-refractivity contribution in [2.75, 3.05) is 6.61 Å². The minimum atomic E-state index is -0.528. The summed E-state index contributed by atoms with van der Waals surface area (Å²) in [6.07, 6.45) is 3.13. The Morgan fingerprint density at radius 2 is 2.04 bits per heavy atom. The van der Waals surface area contributed by atoms with Gasteiger partial charge >= 0.3 is 0 Å². The van der Waals surface area contributed by atoms with Gasteiger partial charge in [-0.15, -0.1) is 0 Å². The first-order valence-corrected chi connectivity index (χ1v) is 7.91. The molecule has 0 aliphatic carbocycles. The van der Waals surface area contributed by atoms with Crippen molar-refractivity contribution in [3.05, 3.63) is 80.8 Å². The molecule has 1 N–H and O–H groups in total. The maximum absolute atomic E-state index is 11.9. The molecule has 1 amide bonds. The van der Waals surface area contributed by atoms with E-state index in [9.17, 15) is 14.9 Å². The van der Waals surface area contributed by atoms with Crippen molar-refractivity contribution in [3.63, 3.8) is 0 Å². The van der Waals surface area contributed by atoms with E-state index in [1.54, 1.807) is 24.3 Å². The van der Waals surface area contributed by atoms with Crippen LogP contribution in [-0.4, -0.2) is 23.7 Å². The van der Waals surface area contributed by atoms with Crippen molar-refractivity contribution in [2.24, 2.45) is 5.10 Å². The molecular weight excluding hydrogens is 390 g/mol. The quantitative estimate of drug-likeness (QED) is 0.330. The molecule has 0 aliphatic heterocycles. The van der Waals surface area contributed by atoms with Gasteiger partial charge in [-0.1, -0.05) is 12.7 Å². The number of ether oxygens (including phenoxy) is 1.